The number of nitrogens with one attached hydrogen (secondary N) is 2. The third-order valence-corrected chi connectivity index (χ3v) is 4.85. The molecule has 2 aliphatic rings. The lowest BCUT2D eigenvalue weighted by Gasteiger charge is -2.22. The van der Waals surface area contributed by atoms with Crippen LogP contribution >= 0.6 is 0 Å². The summed E-state index contributed by atoms with van der Waals surface area (Å²) in [5.41, 5.74) is 1.86. The fraction of sp³-hybridized carbons (Fsp3) is 0.286. The van der Waals surface area contributed by atoms with Crippen LogP contribution in [-0.4, -0.2) is 43.5 Å². The van der Waals surface area contributed by atoms with E-state index in [0.717, 1.165) is 0 Å². The van der Waals surface area contributed by atoms with Crippen LogP contribution in [0.15, 0.2) is 42.5 Å². The molecule has 2 heterocycles. The van der Waals surface area contributed by atoms with Crippen LogP contribution in [0.4, 0.5) is 16.2 Å². The first-order chi connectivity index (χ1) is 14.0. The Kier molecular flexibility index (Phi) is 5.07. The number of hydrogen-bond donors (Lipinski definition) is 2. The normalized spacial score (nSPS) is 17.8. The van der Waals surface area contributed by atoms with Crippen molar-refractivity contribution in [1.29, 1.82) is 0 Å². The molecule has 2 N–H and O–H groups in total. The summed E-state index contributed by atoms with van der Waals surface area (Å²) in [6, 6.07) is 11.3. The van der Waals surface area contributed by atoms with Crippen molar-refractivity contribution in [2.24, 2.45) is 0 Å². The van der Waals surface area contributed by atoms with Crippen molar-refractivity contribution in [2.45, 2.75) is 19.4 Å². The van der Waals surface area contributed by atoms with Gasteiger partial charge in [-0.3, -0.25) is 9.59 Å². The van der Waals surface area contributed by atoms with Crippen molar-refractivity contribution in [2.75, 3.05) is 30.0 Å². The Morgan fingerprint density at radius 3 is 2.48 bits per heavy atom. The van der Waals surface area contributed by atoms with Gasteiger partial charge < -0.3 is 25.0 Å². The summed E-state index contributed by atoms with van der Waals surface area (Å²) in [5.74, 6) is 1.17. The van der Waals surface area contributed by atoms with E-state index < -0.39 is 6.03 Å². The lowest BCUT2D eigenvalue weighted by Crippen LogP contribution is -2.39. The van der Waals surface area contributed by atoms with Gasteiger partial charge in [0.15, 0.2) is 17.3 Å². The fourth-order valence-corrected chi connectivity index (χ4v) is 3.39. The van der Waals surface area contributed by atoms with Crippen LogP contribution in [0.3, 0.4) is 0 Å². The maximum absolute atomic E-state index is 12.4. The fourth-order valence-electron chi connectivity index (χ4n) is 3.39. The molecule has 0 unspecified atom stereocenters. The Hall–Kier alpha value is -3.55. The first-order valence-corrected chi connectivity index (χ1v) is 9.38. The molecule has 0 aromatic heterocycles. The van der Waals surface area contributed by atoms with Crippen molar-refractivity contribution in [3.8, 4) is 11.5 Å². The quantitative estimate of drug-likeness (QED) is 0.776. The second kappa shape index (κ2) is 7.83. The predicted octanol–water partition coefficient (Wildman–Crippen LogP) is 2.59. The van der Waals surface area contributed by atoms with Gasteiger partial charge >= 0.3 is 6.03 Å². The standard InChI is InChI=1S/C21H21N3O5/c1-13(25)14-2-4-15(5-3-14)22-21(27)23-16-10-20(26)24(12-16)17-6-7-18-19(11-17)29-9-8-28-18/h2-7,11,16H,8-10,12H2,1H3,(H2,22,23,27)/t16-/m0/s1. The van der Waals surface area contributed by atoms with Gasteiger partial charge in [0.05, 0.1) is 6.04 Å². The molecule has 0 bridgehead atoms. The van der Waals surface area contributed by atoms with Crippen LogP contribution in [0.5, 0.6) is 11.5 Å². The Morgan fingerprint density at radius 1 is 1.03 bits per heavy atom. The second-order valence-corrected chi connectivity index (χ2v) is 6.97. The Labute approximate surface area is 167 Å². The van der Waals surface area contributed by atoms with E-state index in [-0.39, 0.29) is 24.2 Å². The molecule has 2 aromatic rings. The molecule has 1 saturated heterocycles. The molecule has 3 amide bonds. The highest BCUT2D eigenvalue weighted by Crippen LogP contribution is 2.35. The SMILES string of the molecule is CC(=O)c1ccc(NC(=O)N[C@H]2CC(=O)N(c3ccc4c(c3)OCCO4)C2)cc1. The van der Waals surface area contributed by atoms with Crippen LogP contribution in [0, 0.1) is 0 Å². The highest BCUT2D eigenvalue weighted by molar-refractivity contribution is 5.98. The van der Waals surface area contributed by atoms with Gasteiger partial charge in [-0.05, 0) is 43.3 Å². The number of carbonyl (C=O) groups excluding carboxylic acids is 3. The molecule has 0 spiro atoms. The van der Waals surface area contributed by atoms with Crippen LogP contribution in [0.1, 0.15) is 23.7 Å². The third kappa shape index (κ3) is 4.16. The maximum atomic E-state index is 12.4. The molecule has 1 atom stereocenters. The molecular weight excluding hydrogens is 374 g/mol. The van der Waals surface area contributed by atoms with Crippen molar-refractivity contribution in [3.63, 3.8) is 0 Å². The zero-order chi connectivity index (χ0) is 20.4. The van der Waals surface area contributed by atoms with Gasteiger partial charge in [-0.25, -0.2) is 4.79 Å². The summed E-state index contributed by atoms with van der Waals surface area (Å²) in [7, 11) is 0. The van der Waals surface area contributed by atoms with Crippen molar-refractivity contribution < 1.29 is 23.9 Å². The number of rotatable bonds is 4. The summed E-state index contributed by atoms with van der Waals surface area (Å²) in [4.78, 5) is 37.7. The molecule has 2 aliphatic heterocycles. The van der Waals surface area contributed by atoms with Gasteiger partial charge in [0, 0.05) is 36.0 Å². The van der Waals surface area contributed by atoms with E-state index in [9.17, 15) is 14.4 Å². The minimum Gasteiger partial charge on any atom is -0.486 e. The second-order valence-electron chi connectivity index (χ2n) is 6.97. The predicted molar refractivity (Wildman–Crippen MR) is 107 cm³/mol. The topological polar surface area (TPSA) is 97.0 Å². The van der Waals surface area contributed by atoms with E-state index in [1.165, 1.54) is 6.92 Å². The average Bonchev–Trinajstić information content (AvgIpc) is 3.07. The third-order valence-electron chi connectivity index (χ3n) is 4.85. The zero-order valence-electron chi connectivity index (χ0n) is 15.9. The minimum atomic E-state index is -0.401. The summed E-state index contributed by atoms with van der Waals surface area (Å²) in [6.07, 6.45) is 0.213. The molecule has 0 radical (unpaired) electrons. The molecule has 8 nitrogen and oxygen atoms in total. The molecule has 29 heavy (non-hydrogen) atoms. The first-order valence-electron chi connectivity index (χ1n) is 9.38. The van der Waals surface area contributed by atoms with Crippen molar-refractivity contribution >= 4 is 29.1 Å². The van der Waals surface area contributed by atoms with E-state index in [4.69, 9.17) is 9.47 Å². The van der Waals surface area contributed by atoms with Gasteiger partial charge in [-0.15, -0.1) is 0 Å². The molecule has 4 rings (SSSR count). The minimum absolute atomic E-state index is 0.0373. The number of benzene rings is 2. The Balaban J connectivity index is 1.36. The van der Waals surface area contributed by atoms with E-state index in [1.807, 2.05) is 6.07 Å². The Morgan fingerprint density at radius 2 is 1.76 bits per heavy atom. The highest BCUT2D eigenvalue weighted by atomic mass is 16.6. The molecule has 0 aliphatic carbocycles. The number of ether oxygens (including phenoxy) is 2. The lowest BCUT2D eigenvalue weighted by atomic mass is 10.1. The van der Waals surface area contributed by atoms with Crippen molar-refractivity contribution in [3.05, 3.63) is 48.0 Å². The number of nitrogens with zero attached hydrogens (tertiary/aromatic N) is 1. The summed E-state index contributed by atoms with van der Waals surface area (Å²) in [6.45, 7) is 2.84. The molecular formula is C21H21N3O5. The lowest BCUT2D eigenvalue weighted by molar-refractivity contribution is -0.117. The number of hydrogen-bond acceptors (Lipinski definition) is 5. The van der Waals surface area contributed by atoms with Gasteiger partial charge in [0.1, 0.15) is 13.2 Å². The van der Waals surface area contributed by atoms with Crippen molar-refractivity contribution in [1.82, 2.24) is 5.32 Å². The number of ketones is 1. The van der Waals surface area contributed by atoms with Gasteiger partial charge in [0.25, 0.3) is 0 Å². The zero-order valence-corrected chi connectivity index (χ0v) is 15.9. The maximum Gasteiger partial charge on any atom is 0.319 e. The number of fused-ring (bicyclic) bond motifs is 1. The van der Waals surface area contributed by atoms with Crippen LogP contribution in [0.25, 0.3) is 0 Å². The van der Waals surface area contributed by atoms with Gasteiger partial charge in [0.2, 0.25) is 5.91 Å². The number of carbonyl (C=O) groups is 3. The summed E-state index contributed by atoms with van der Waals surface area (Å²) < 4.78 is 11.1. The highest BCUT2D eigenvalue weighted by Gasteiger charge is 2.32. The number of amides is 3. The summed E-state index contributed by atoms with van der Waals surface area (Å²) in [5, 5.41) is 5.54. The molecule has 8 heteroatoms. The number of urea groups is 1. The molecule has 1 fully saturated rings. The molecule has 2 aromatic carbocycles. The van der Waals surface area contributed by atoms with E-state index in [2.05, 4.69) is 10.6 Å². The largest absolute Gasteiger partial charge is 0.486 e. The van der Waals surface area contributed by atoms with E-state index in [0.29, 0.717) is 48.2 Å². The van der Waals surface area contributed by atoms with Crippen LogP contribution < -0.4 is 25.0 Å². The van der Waals surface area contributed by atoms with Crippen LogP contribution in [0.2, 0.25) is 0 Å². The van der Waals surface area contributed by atoms with Crippen LogP contribution in [-0.2, 0) is 4.79 Å². The summed E-state index contributed by atoms with van der Waals surface area (Å²) >= 11 is 0. The van der Waals surface area contributed by atoms with Gasteiger partial charge in [-0.1, -0.05) is 0 Å². The van der Waals surface area contributed by atoms with Gasteiger partial charge in [-0.2, -0.15) is 0 Å². The number of Topliss-reactive ketones (excluding diaryl/α,β-unsaturated/α-hetero) is 1. The van der Waals surface area contributed by atoms with E-state index in [1.54, 1.807) is 41.3 Å². The average molecular weight is 395 g/mol. The molecule has 0 saturated carbocycles. The monoisotopic (exact) mass is 395 g/mol. The smallest absolute Gasteiger partial charge is 0.319 e. The first kappa shape index (κ1) is 18.8. The Bertz CT molecular complexity index is 957. The number of anilines is 2. The molecule has 150 valence electrons. The van der Waals surface area contributed by atoms with E-state index >= 15 is 0 Å².